The van der Waals surface area contributed by atoms with Crippen LogP contribution in [0.3, 0.4) is 0 Å². The molecule has 2 aromatic carbocycles. The third-order valence-electron chi connectivity index (χ3n) is 3.97. The number of Topliss-reactive ketones (excluding diaryl/α,β-unsaturated/α-hetero) is 1. The van der Waals surface area contributed by atoms with Gasteiger partial charge in [-0.1, -0.05) is 48.6 Å². The summed E-state index contributed by atoms with van der Waals surface area (Å²) < 4.78 is 5.16. The highest BCUT2D eigenvalue weighted by Crippen LogP contribution is 2.26. The highest BCUT2D eigenvalue weighted by molar-refractivity contribution is 5.98. The Bertz CT molecular complexity index is 643. The topological polar surface area (TPSA) is 26.3 Å². The van der Waals surface area contributed by atoms with Crippen molar-refractivity contribution in [3.05, 3.63) is 66.2 Å². The minimum atomic E-state index is 0.136. The summed E-state index contributed by atoms with van der Waals surface area (Å²) in [6, 6.07) is 15.8. The number of hydrogen-bond acceptors (Lipinski definition) is 2. The molecule has 1 aliphatic carbocycles. The normalized spacial score (nSPS) is 14.3. The quantitative estimate of drug-likeness (QED) is 0.607. The Kier molecular flexibility index (Phi) is 3.87. The molecule has 3 rings (SSSR count). The van der Waals surface area contributed by atoms with Crippen LogP contribution in [0.15, 0.2) is 60.7 Å². The average molecular weight is 278 g/mol. The molecule has 0 saturated heterocycles. The monoisotopic (exact) mass is 278 g/mol. The van der Waals surface area contributed by atoms with E-state index in [1.807, 2.05) is 48.5 Å². The summed E-state index contributed by atoms with van der Waals surface area (Å²) in [5, 5.41) is 0. The summed E-state index contributed by atoms with van der Waals surface area (Å²) in [7, 11) is 1.66. The SMILES string of the molecule is COc1ccc(-c2ccc(C(=O)C3CC=CC3)cc2)cc1. The first-order chi connectivity index (χ1) is 10.3. The minimum Gasteiger partial charge on any atom is -0.497 e. The molecule has 2 aromatic rings. The molecule has 0 N–H and O–H groups in total. The van der Waals surface area contributed by atoms with E-state index in [1.165, 1.54) is 0 Å². The molecule has 0 unspecified atom stereocenters. The third kappa shape index (κ3) is 2.89. The minimum absolute atomic E-state index is 0.136. The third-order valence-corrected chi connectivity index (χ3v) is 3.97. The Hall–Kier alpha value is -2.35. The standard InChI is InChI=1S/C19H18O2/c1-21-18-12-10-15(11-13-18)14-6-8-17(9-7-14)19(20)16-4-2-3-5-16/h2-3,6-13,16H,4-5H2,1H3. The lowest BCUT2D eigenvalue weighted by Crippen LogP contribution is -2.11. The number of allylic oxidation sites excluding steroid dienone is 2. The molecule has 2 heteroatoms. The second-order valence-electron chi connectivity index (χ2n) is 5.31. The summed E-state index contributed by atoms with van der Waals surface area (Å²) in [6.07, 6.45) is 5.93. The molecular formula is C19H18O2. The summed E-state index contributed by atoms with van der Waals surface area (Å²) >= 11 is 0. The van der Waals surface area contributed by atoms with Gasteiger partial charge < -0.3 is 4.74 Å². The molecule has 0 saturated carbocycles. The number of carbonyl (C=O) groups is 1. The van der Waals surface area contributed by atoms with Gasteiger partial charge in [-0.25, -0.2) is 0 Å². The van der Waals surface area contributed by atoms with E-state index in [1.54, 1.807) is 7.11 Å². The fourth-order valence-corrected chi connectivity index (χ4v) is 2.68. The van der Waals surface area contributed by atoms with Gasteiger partial charge in [0.1, 0.15) is 5.75 Å². The number of hydrogen-bond donors (Lipinski definition) is 0. The van der Waals surface area contributed by atoms with Crippen molar-refractivity contribution < 1.29 is 9.53 Å². The summed E-state index contributed by atoms with van der Waals surface area (Å²) in [5.41, 5.74) is 3.04. The molecule has 0 atom stereocenters. The lowest BCUT2D eigenvalue weighted by molar-refractivity contribution is 0.0926. The first-order valence-corrected chi connectivity index (χ1v) is 7.21. The van der Waals surface area contributed by atoms with E-state index < -0.39 is 0 Å². The second kappa shape index (κ2) is 5.96. The molecule has 0 spiro atoms. The highest BCUT2D eigenvalue weighted by atomic mass is 16.5. The molecule has 0 aliphatic heterocycles. The van der Waals surface area contributed by atoms with Gasteiger partial charge >= 0.3 is 0 Å². The largest absolute Gasteiger partial charge is 0.497 e. The number of rotatable bonds is 4. The first-order valence-electron chi connectivity index (χ1n) is 7.21. The molecule has 106 valence electrons. The fourth-order valence-electron chi connectivity index (χ4n) is 2.68. The molecule has 1 aliphatic rings. The van der Waals surface area contributed by atoms with Crippen LogP contribution in [0.5, 0.6) is 5.75 Å². The lowest BCUT2D eigenvalue weighted by Gasteiger charge is -2.09. The van der Waals surface area contributed by atoms with Crippen molar-refractivity contribution in [2.24, 2.45) is 5.92 Å². The molecule has 21 heavy (non-hydrogen) atoms. The van der Waals surface area contributed by atoms with E-state index in [-0.39, 0.29) is 11.7 Å². The first kappa shape index (κ1) is 13.6. The van der Waals surface area contributed by atoms with Crippen LogP contribution >= 0.6 is 0 Å². The molecular weight excluding hydrogens is 260 g/mol. The Morgan fingerprint density at radius 1 is 0.905 bits per heavy atom. The van der Waals surface area contributed by atoms with Crippen molar-refractivity contribution in [2.75, 3.05) is 7.11 Å². The van der Waals surface area contributed by atoms with Gasteiger partial charge in [0.05, 0.1) is 7.11 Å². The van der Waals surface area contributed by atoms with Crippen molar-refractivity contribution in [1.29, 1.82) is 0 Å². The van der Waals surface area contributed by atoms with Gasteiger partial charge in [0.15, 0.2) is 5.78 Å². The van der Waals surface area contributed by atoms with E-state index in [0.717, 1.165) is 35.3 Å². The van der Waals surface area contributed by atoms with Gasteiger partial charge in [-0.2, -0.15) is 0 Å². The predicted octanol–water partition coefficient (Wildman–Crippen LogP) is 4.51. The number of methoxy groups -OCH3 is 1. The smallest absolute Gasteiger partial charge is 0.166 e. The maximum atomic E-state index is 12.3. The number of ether oxygens (including phenoxy) is 1. The Morgan fingerprint density at radius 3 is 1.95 bits per heavy atom. The van der Waals surface area contributed by atoms with E-state index in [4.69, 9.17) is 4.74 Å². The van der Waals surface area contributed by atoms with E-state index in [2.05, 4.69) is 12.2 Å². The van der Waals surface area contributed by atoms with Crippen LogP contribution < -0.4 is 4.74 Å². The Morgan fingerprint density at radius 2 is 1.43 bits per heavy atom. The zero-order valence-corrected chi connectivity index (χ0v) is 12.1. The number of benzene rings is 2. The van der Waals surface area contributed by atoms with Crippen molar-refractivity contribution in [3.8, 4) is 16.9 Å². The zero-order chi connectivity index (χ0) is 14.7. The van der Waals surface area contributed by atoms with E-state index in [9.17, 15) is 4.79 Å². The van der Waals surface area contributed by atoms with Gasteiger partial charge in [0.25, 0.3) is 0 Å². The summed E-state index contributed by atoms with van der Waals surface area (Å²) in [6.45, 7) is 0. The highest BCUT2D eigenvalue weighted by Gasteiger charge is 2.20. The maximum Gasteiger partial charge on any atom is 0.166 e. The van der Waals surface area contributed by atoms with Crippen LogP contribution in [0.1, 0.15) is 23.2 Å². The molecule has 0 radical (unpaired) electrons. The number of carbonyl (C=O) groups excluding carboxylic acids is 1. The van der Waals surface area contributed by atoms with Gasteiger partial charge in [0, 0.05) is 11.5 Å². The van der Waals surface area contributed by atoms with Crippen molar-refractivity contribution >= 4 is 5.78 Å². The number of ketones is 1. The predicted molar refractivity (Wildman–Crippen MR) is 84.6 cm³/mol. The van der Waals surface area contributed by atoms with Crippen molar-refractivity contribution in [3.63, 3.8) is 0 Å². The zero-order valence-electron chi connectivity index (χ0n) is 12.1. The van der Waals surface area contributed by atoms with E-state index in [0.29, 0.717) is 0 Å². The Balaban J connectivity index is 1.78. The van der Waals surface area contributed by atoms with Gasteiger partial charge in [-0.3, -0.25) is 4.79 Å². The molecule has 0 aromatic heterocycles. The van der Waals surface area contributed by atoms with Crippen LogP contribution in [0, 0.1) is 5.92 Å². The molecule has 0 fully saturated rings. The van der Waals surface area contributed by atoms with Crippen molar-refractivity contribution in [1.82, 2.24) is 0 Å². The van der Waals surface area contributed by atoms with Crippen LogP contribution in [-0.4, -0.2) is 12.9 Å². The summed E-state index contributed by atoms with van der Waals surface area (Å²) in [5.74, 6) is 1.23. The van der Waals surface area contributed by atoms with Gasteiger partial charge in [0.2, 0.25) is 0 Å². The van der Waals surface area contributed by atoms with Crippen molar-refractivity contribution in [2.45, 2.75) is 12.8 Å². The van der Waals surface area contributed by atoms with Gasteiger partial charge in [-0.05, 0) is 36.1 Å². The summed E-state index contributed by atoms with van der Waals surface area (Å²) in [4.78, 5) is 12.3. The molecule has 0 amide bonds. The van der Waals surface area contributed by atoms with Crippen LogP contribution in [0.2, 0.25) is 0 Å². The maximum absolute atomic E-state index is 12.3. The lowest BCUT2D eigenvalue weighted by atomic mass is 9.94. The molecule has 0 heterocycles. The second-order valence-corrected chi connectivity index (χ2v) is 5.31. The average Bonchev–Trinajstić information content (AvgIpc) is 3.09. The van der Waals surface area contributed by atoms with Crippen LogP contribution in [0.4, 0.5) is 0 Å². The van der Waals surface area contributed by atoms with Crippen LogP contribution in [0.25, 0.3) is 11.1 Å². The van der Waals surface area contributed by atoms with Gasteiger partial charge in [-0.15, -0.1) is 0 Å². The molecule has 2 nitrogen and oxygen atoms in total. The molecule has 0 bridgehead atoms. The van der Waals surface area contributed by atoms with E-state index >= 15 is 0 Å². The van der Waals surface area contributed by atoms with Crippen LogP contribution in [-0.2, 0) is 0 Å². The Labute approximate surface area is 125 Å². The fraction of sp³-hybridized carbons (Fsp3) is 0.211.